The molecule has 2 N–H and O–H groups in total. The smallest absolute Gasteiger partial charge is 0.353 e. The van der Waals surface area contributed by atoms with Crippen molar-refractivity contribution in [3.8, 4) is 11.5 Å². The highest BCUT2D eigenvalue weighted by Crippen LogP contribution is 2.38. The molecule has 0 aliphatic heterocycles. The van der Waals surface area contributed by atoms with Crippen LogP contribution >= 0.6 is 23.2 Å². The van der Waals surface area contributed by atoms with Gasteiger partial charge in [0.05, 0.1) is 35.5 Å². The Morgan fingerprint density at radius 3 is 2.24 bits per heavy atom. The van der Waals surface area contributed by atoms with Crippen LogP contribution in [0.3, 0.4) is 0 Å². The molecule has 11 heteroatoms. The predicted molar refractivity (Wildman–Crippen MR) is 111 cm³/mol. The molecule has 0 saturated carbocycles. The molecule has 0 radical (unpaired) electrons. The van der Waals surface area contributed by atoms with Gasteiger partial charge < -0.3 is 20.1 Å². The molecule has 0 amide bonds. The second-order valence-corrected chi connectivity index (χ2v) is 6.46. The third kappa shape index (κ3) is 4.58. The van der Waals surface area contributed by atoms with E-state index < -0.39 is 4.92 Å². The van der Waals surface area contributed by atoms with Gasteiger partial charge in [-0.1, -0.05) is 23.2 Å². The van der Waals surface area contributed by atoms with Gasteiger partial charge in [0.2, 0.25) is 11.6 Å². The van der Waals surface area contributed by atoms with Crippen molar-refractivity contribution in [2.24, 2.45) is 0 Å². The topological polar surface area (TPSA) is 111 Å². The van der Waals surface area contributed by atoms with Crippen LogP contribution in [0, 0.1) is 10.1 Å². The highest BCUT2D eigenvalue weighted by Gasteiger charge is 2.24. The number of aromatic nitrogens is 2. The normalized spacial score (nSPS) is 10.3. The maximum absolute atomic E-state index is 11.8. The van der Waals surface area contributed by atoms with E-state index in [2.05, 4.69) is 20.6 Å². The number of hydrogen-bond donors (Lipinski definition) is 2. The van der Waals surface area contributed by atoms with Crippen LogP contribution < -0.4 is 20.1 Å². The van der Waals surface area contributed by atoms with Gasteiger partial charge in [0.15, 0.2) is 0 Å². The molecular weight excluding hydrogens is 421 g/mol. The van der Waals surface area contributed by atoms with Crippen LogP contribution in [-0.4, -0.2) is 29.1 Å². The van der Waals surface area contributed by atoms with E-state index >= 15 is 0 Å². The molecule has 0 fully saturated rings. The van der Waals surface area contributed by atoms with E-state index in [1.807, 2.05) is 0 Å². The second kappa shape index (κ2) is 8.80. The Labute approximate surface area is 175 Å². The van der Waals surface area contributed by atoms with Gasteiger partial charge in [-0.25, -0.2) is 9.97 Å². The van der Waals surface area contributed by atoms with Gasteiger partial charge in [-0.05, 0) is 30.3 Å². The van der Waals surface area contributed by atoms with Crippen molar-refractivity contribution in [2.45, 2.75) is 0 Å². The van der Waals surface area contributed by atoms with Crippen molar-refractivity contribution in [3.05, 3.63) is 62.9 Å². The summed E-state index contributed by atoms with van der Waals surface area (Å²) in [5, 5.41) is 18.3. The molecule has 3 aromatic rings. The van der Waals surface area contributed by atoms with E-state index in [4.69, 9.17) is 32.7 Å². The number of methoxy groups -OCH3 is 2. The molecule has 0 atom stereocenters. The largest absolute Gasteiger partial charge is 0.497 e. The fraction of sp³-hybridized carbons (Fsp3) is 0.111. The molecule has 29 heavy (non-hydrogen) atoms. The van der Waals surface area contributed by atoms with Crippen molar-refractivity contribution in [1.29, 1.82) is 0 Å². The Balaban J connectivity index is 2.03. The summed E-state index contributed by atoms with van der Waals surface area (Å²) in [7, 11) is 2.99. The van der Waals surface area contributed by atoms with E-state index in [1.165, 1.54) is 26.6 Å². The summed E-state index contributed by atoms with van der Waals surface area (Å²) >= 11 is 12.0. The van der Waals surface area contributed by atoms with E-state index in [0.29, 0.717) is 27.9 Å². The fourth-order valence-electron chi connectivity index (χ4n) is 2.49. The number of ether oxygens (including phenoxy) is 2. The van der Waals surface area contributed by atoms with Crippen LogP contribution in [0.1, 0.15) is 0 Å². The first-order valence-corrected chi connectivity index (χ1v) is 8.89. The van der Waals surface area contributed by atoms with Crippen LogP contribution in [0.25, 0.3) is 0 Å². The van der Waals surface area contributed by atoms with Crippen LogP contribution in [0.2, 0.25) is 10.0 Å². The maximum Gasteiger partial charge on any atom is 0.353 e. The molecule has 0 spiro atoms. The van der Waals surface area contributed by atoms with E-state index in [0.717, 1.165) is 0 Å². The Kier molecular flexibility index (Phi) is 6.20. The molecular formula is C18H15Cl2N5O4. The summed E-state index contributed by atoms with van der Waals surface area (Å²) in [5.74, 6) is 0.910. The lowest BCUT2D eigenvalue weighted by Crippen LogP contribution is -2.06. The molecule has 2 aromatic carbocycles. The van der Waals surface area contributed by atoms with E-state index in [1.54, 1.807) is 30.3 Å². The number of benzene rings is 2. The third-order valence-electron chi connectivity index (χ3n) is 3.85. The van der Waals surface area contributed by atoms with Crippen LogP contribution in [0.4, 0.5) is 28.7 Å². The number of nitrogens with zero attached hydrogens (tertiary/aromatic N) is 3. The number of rotatable bonds is 7. The Hall–Kier alpha value is -3.30. The van der Waals surface area contributed by atoms with E-state index in [9.17, 15) is 10.1 Å². The lowest BCUT2D eigenvalue weighted by Gasteiger charge is -2.14. The number of hydrogen-bond acceptors (Lipinski definition) is 8. The van der Waals surface area contributed by atoms with Crippen LogP contribution in [0.5, 0.6) is 11.5 Å². The predicted octanol–water partition coefficient (Wildman–Crippen LogP) is 5.20. The zero-order chi connectivity index (χ0) is 21.0. The molecule has 0 aliphatic carbocycles. The minimum absolute atomic E-state index is 0.0378. The van der Waals surface area contributed by atoms with Gasteiger partial charge in [0.1, 0.15) is 17.8 Å². The lowest BCUT2D eigenvalue weighted by atomic mass is 10.2. The summed E-state index contributed by atoms with van der Waals surface area (Å²) in [5.41, 5.74) is 0.468. The van der Waals surface area contributed by atoms with Crippen molar-refractivity contribution in [2.75, 3.05) is 24.9 Å². The zero-order valence-corrected chi connectivity index (χ0v) is 16.8. The zero-order valence-electron chi connectivity index (χ0n) is 15.3. The molecule has 1 heterocycles. The molecule has 0 saturated heterocycles. The molecule has 1 aromatic heterocycles. The van der Waals surface area contributed by atoms with Gasteiger partial charge >= 0.3 is 5.69 Å². The second-order valence-electron chi connectivity index (χ2n) is 5.62. The average Bonchev–Trinajstić information content (AvgIpc) is 2.70. The third-order valence-corrected chi connectivity index (χ3v) is 4.40. The molecule has 150 valence electrons. The number of nitrogens with one attached hydrogen (secondary N) is 2. The van der Waals surface area contributed by atoms with Gasteiger partial charge in [-0.2, -0.15) is 0 Å². The Morgan fingerprint density at radius 2 is 1.66 bits per heavy atom. The fourth-order valence-corrected chi connectivity index (χ4v) is 2.95. The van der Waals surface area contributed by atoms with Crippen molar-refractivity contribution in [1.82, 2.24) is 9.97 Å². The number of halogens is 2. The average molecular weight is 436 g/mol. The van der Waals surface area contributed by atoms with Gasteiger partial charge in [-0.3, -0.25) is 10.1 Å². The quantitative estimate of drug-likeness (QED) is 0.384. The van der Waals surface area contributed by atoms with Crippen molar-refractivity contribution < 1.29 is 14.4 Å². The first-order chi connectivity index (χ1) is 13.9. The highest BCUT2D eigenvalue weighted by molar-refractivity contribution is 6.36. The molecule has 0 unspecified atom stereocenters. The minimum Gasteiger partial charge on any atom is -0.497 e. The summed E-state index contributed by atoms with van der Waals surface area (Å²) < 4.78 is 10.5. The summed E-state index contributed by atoms with van der Waals surface area (Å²) in [6, 6.07) is 9.71. The molecule has 9 nitrogen and oxygen atoms in total. The first kappa shape index (κ1) is 20.4. The van der Waals surface area contributed by atoms with E-state index in [-0.39, 0.29) is 22.3 Å². The van der Waals surface area contributed by atoms with Gasteiger partial charge in [0, 0.05) is 11.1 Å². The van der Waals surface area contributed by atoms with Crippen molar-refractivity contribution >= 4 is 51.9 Å². The molecule has 0 bridgehead atoms. The highest BCUT2D eigenvalue weighted by atomic mass is 35.5. The molecule has 0 aliphatic rings. The number of anilines is 4. The SMILES string of the molecule is COc1ccc(OC)c(Nc2ncnc(Nc3ccc(Cl)cc3Cl)c2[N+](=O)[O-])c1. The summed E-state index contributed by atoms with van der Waals surface area (Å²) in [6.45, 7) is 0. The molecule has 3 rings (SSSR count). The number of nitro groups is 1. The first-order valence-electron chi connectivity index (χ1n) is 8.13. The lowest BCUT2D eigenvalue weighted by molar-refractivity contribution is -0.383. The van der Waals surface area contributed by atoms with Gasteiger partial charge in [0.25, 0.3) is 0 Å². The van der Waals surface area contributed by atoms with Gasteiger partial charge in [-0.15, -0.1) is 0 Å². The Bertz CT molecular complexity index is 1060. The monoisotopic (exact) mass is 435 g/mol. The van der Waals surface area contributed by atoms with Crippen molar-refractivity contribution in [3.63, 3.8) is 0 Å². The van der Waals surface area contributed by atoms with Crippen LogP contribution in [-0.2, 0) is 0 Å². The standard InChI is InChI=1S/C18H15Cl2N5O4/c1-28-11-4-6-15(29-2)14(8-11)24-18-16(25(26)27)17(21-9-22-18)23-13-5-3-10(19)7-12(13)20/h3-9H,1-2H3,(H2,21,22,23,24). The summed E-state index contributed by atoms with van der Waals surface area (Å²) in [6.07, 6.45) is 1.19. The maximum atomic E-state index is 11.8. The minimum atomic E-state index is -0.596. The van der Waals surface area contributed by atoms with Crippen LogP contribution in [0.15, 0.2) is 42.7 Å². The summed E-state index contributed by atoms with van der Waals surface area (Å²) in [4.78, 5) is 19.2. The Morgan fingerprint density at radius 1 is 0.966 bits per heavy atom.